The van der Waals surface area contributed by atoms with Gasteiger partial charge in [0.25, 0.3) is 5.56 Å². The number of nitrogens with one attached hydrogen (secondary N) is 1. The van der Waals surface area contributed by atoms with E-state index in [1.165, 1.54) is 32.6 Å². The molecule has 0 unspecified atom stereocenters. The zero-order valence-electron chi connectivity index (χ0n) is 16.1. The molecule has 1 heterocycles. The van der Waals surface area contributed by atoms with Crippen LogP contribution in [0, 0.1) is 11.6 Å². The van der Waals surface area contributed by atoms with Crippen LogP contribution in [0.1, 0.15) is 6.92 Å². The number of aryl methyl sites for hydroxylation is 1. The van der Waals surface area contributed by atoms with Crippen molar-refractivity contribution in [2.24, 2.45) is 7.05 Å². The van der Waals surface area contributed by atoms with Crippen molar-refractivity contribution in [3.8, 4) is 11.5 Å². The number of nitrogens with zero attached hydrogens (tertiary/aromatic N) is 3. The van der Waals surface area contributed by atoms with E-state index in [4.69, 9.17) is 16.3 Å². The fraction of sp³-hybridized carbons (Fsp3) is 0.222. The van der Waals surface area contributed by atoms with Gasteiger partial charge in [0.2, 0.25) is 0 Å². The third kappa shape index (κ3) is 3.95. The number of ether oxygens (including phenoxy) is 1. The maximum atomic E-state index is 14.9. The molecule has 3 rings (SSSR count). The molecule has 1 aromatic heterocycles. The highest BCUT2D eigenvalue weighted by atomic mass is 35.5. The molecule has 3 aromatic rings. The lowest BCUT2D eigenvalue weighted by Crippen LogP contribution is -2.32. The monoisotopic (exact) mass is 458 g/mol. The number of halogens is 3. The van der Waals surface area contributed by atoms with E-state index >= 15 is 0 Å². The van der Waals surface area contributed by atoms with Gasteiger partial charge in [0.15, 0.2) is 23.1 Å². The van der Waals surface area contributed by atoms with E-state index in [9.17, 15) is 22.0 Å². The minimum atomic E-state index is -3.94. The van der Waals surface area contributed by atoms with Gasteiger partial charge < -0.3 is 9.30 Å². The van der Waals surface area contributed by atoms with Crippen molar-refractivity contribution in [2.75, 3.05) is 18.3 Å². The van der Waals surface area contributed by atoms with Crippen LogP contribution in [-0.2, 0) is 17.3 Å². The Morgan fingerprint density at radius 2 is 1.97 bits per heavy atom. The van der Waals surface area contributed by atoms with Gasteiger partial charge in [0, 0.05) is 20.6 Å². The van der Waals surface area contributed by atoms with E-state index in [1.54, 1.807) is 6.92 Å². The maximum absolute atomic E-state index is 14.9. The second kappa shape index (κ2) is 8.17. The van der Waals surface area contributed by atoms with Crippen molar-refractivity contribution in [2.45, 2.75) is 6.92 Å². The number of benzene rings is 2. The molecule has 1 N–H and O–H groups in total. The molecule has 0 radical (unpaired) electrons. The van der Waals surface area contributed by atoms with Crippen LogP contribution in [0.4, 0.5) is 14.5 Å². The van der Waals surface area contributed by atoms with Crippen molar-refractivity contribution in [1.82, 2.24) is 13.9 Å². The van der Waals surface area contributed by atoms with Crippen LogP contribution in [0.15, 0.2) is 35.4 Å². The van der Waals surface area contributed by atoms with Crippen molar-refractivity contribution in [3.05, 3.63) is 57.6 Å². The molecule has 2 aromatic carbocycles. The molecule has 0 fully saturated rings. The van der Waals surface area contributed by atoms with Gasteiger partial charge in [0.05, 0.1) is 17.5 Å². The minimum Gasteiger partial charge on any atom is -0.450 e. The summed E-state index contributed by atoms with van der Waals surface area (Å²) in [4.78, 5) is 16.2. The third-order valence-corrected chi connectivity index (χ3v) is 6.28. The number of rotatable bonds is 6. The number of hydrogen-bond acceptors (Lipinski definition) is 5. The highest BCUT2D eigenvalue weighted by Gasteiger charge is 2.22. The first-order chi connectivity index (χ1) is 14.1. The number of fused-ring (bicyclic) bond motifs is 1. The molecular weight excluding hydrogens is 442 g/mol. The zero-order chi connectivity index (χ0) is 22.2. The Kier molecular flexibility index (Phi) is 5.97. The Morgan fingerprint density at radius 3 is 2.63 bits per heavy atom. The summed E-state index contributed by atoms with van der Waals surface area (Å²) in [5.74, 6) is -3.08. The van der Waals surface area contributed by atoms with Gasteiger partial charge in [-0.25, -0.2) is 13.8 Å². The second-order valence-corrected chi connectivity index (χ2v) is 8.45. The summed E-state index contributed by atoms with van der Waals surface area (Å²) < 4.78 is 63.4. The molecule has 30 heavy (non-hydrogen) atoms. The summed E-state index contributed by atoms with van der Waals surface area (Å²) >= 11 is 6.13. The molecule has 0 spiro atoms. The van der Waals surface area contributed by atoms with Gasteiger partial charge in [-0.1, -0.05) is 18.5 Å². The van der Waals surface area contributed by atoms with E-state index in [0.717, 1.165) is 21.0 Å². The summed E-state index contributed by atoms with van der Waals surface area (Å²) in [5.41, 5.74) is -0.718. The smallest absolute Gasteiger partial charge is 0.301 e. The first kappa shape index (κ1) is 21.9. The highest BCUT2D eigenvalue weighted by molar-refractivity contribution is 7.90. The van der Waals surface area contributed by atoms with Gasteiger partial charge in [-0.2, -0.15) is 12.7 Å². The lowest BCUT2D eigenvalue weighted by Gasteiger charge is -2.18. The normalized spacial score (nSPS) is 11.8. The molecule has 0 amide bonds. The molecule has 160 valence electrons. The summed E-state index contributed by atoms with van der Waals surface area (Å²) in [6.07, 6.45) is 1.24. The van der Waals surface area contributed by atoms with Gasteiger partial charge in [-0.15, -0.1) is 0 Å². The lowest BCUT2D eigenvalue weighted by molar-refractivity contribution is 0.417. The Bertz CT molecular complexity index is 1300. The van der Waals surface area contributed by atoms with Crippen LogP contribution in [-0.4, -0.2) is 35.9 Å². The largest absolute Gasteiger partial charge is 0.450 e. The van der Waals surface area contributed by atoms with Gasteiger partial charge >= 0.3 is 10.2 Å². The number of anilines is 1. The lowest BCUT2D eigenvalue weighted by atomic mass is 10.2. The highest BCUT2D eigenvalue weighted by Crippen LogP contribution is 2.39. The topological polar surface area (TPSA) is 93.5 Å². The fourth-order valence-corrected chi connectivity index (χ4v) is 3.75. The van der Waals surface area contributed by atoms with E-state index in [1.807, 2.05) is 0 Å². The first-order valence-corrected chi connectivity index (χ1v) is 10.4. The Morgan fingerprint density at radius 1 is 1.27 bits per heavy atom. The van der Waals surface area contributed by atoms with Crippen LogP contribution in [0.25, 0.3) is 10.9 Å². The summed E-state index contributed by atoms with van der Waals surface area (Å²) in [7, 11) is -1.19. The average molecular weight is 459 g/mol. The molecule has 0 saturated heterocycles. The predicted molar refractivity (Wildman–Crippen MR) is 109 cm³/mol. The Balaban J connectivity index is 2.07. The molecule has 0 bridgehead atoms. The summed E-state index contributed by atoms with van der Waals surface area (Å²) in [6.45, 7) is 1.81. The van der Waals surface area contributed by atoms with E-state index in [-0.39, 0.29) is 23.1 Å². The molecule has 0 saturated carbocycles. The van der Waals surface area contributed by atoms with Crippen LogP contribution < -0.4 is 15.0 Å². The average Bonchev–Trinajstić information content (AvgIpc) is 2.70. The van der Waals surface area contributed by atoms with Gasteiger partial charge in [-0.05, 0) is 24.3 Å². The molecule has 0 aliphatic rings. The van der Waals surface area contributed by atoms with E-state index in [0.29, 0.717) is 0 Å². The van der Waals surface area contributed by atoms with Crippen LogP contribution in [0.2, 0.25) is 5.02 Å². The molecule has 12 heteroatoms. The zero-order valence-corrected chi connectivity index (χ0v) is 17.7. The number of hydrogen-bond donors (Lipinski definition) is 1. The van der Waals surface area contributed by atoms with Crippen LogP contribution in [0.5, 0.6) is 11.5 Å². The minimum absolute atomic E-state index is 0.0960. The first-order valence-electron chi connectivity index (χ1n) is 8.60. The van der Waals surface area contributed by atoms with E-state index in [2.05, 4.69) is 9.71 Å². The molecule has 0 atom stereocenters. The second-order valence-electron chi connectivity index (χ2n) is 6.29. The molecule has 0 aliphatic carbocycles. The van der Waals surface area contributed by atoms with Crippen LogP contribution >= 0.6 is 11.6 Å². The molecule has 8 nitrogen and oxygen atoms in total. The summed E-state index contributed by atoms with van der Waals surface area (Å²) in [5, 5.41) is -0.753. The van der Waals surface area contributed by atoms with Gasteiger partial charge in [-0.3, -0.25) is 9.52 Å². The maximum Gasteiger partial charge on any atom is 0.301 e. The Hall–Kier alpha value is -2.76. The SMILES string of the molecule is CCN(C)S(=O)(=O)Nc1ccc(F)c(Oc2ccc3ncn(C)c(=O)c3c2F)c1Cl. The molecular formula is C18H17ClF2N4O4S. The Labute approximate surface area is 175 Å². The predicted octanol–water partition coefficient (Wildman–Crippen LogP) is 3.27. The fourth-order valence-electron chi connectivity index (χ4n) is 2.52. The van der Waals surface area contributed by atoms with Crippen molar-refractivity contribution in [3.63, 3.8) is 0 Å². The van der Waals surface area contributed by atoms with E-state index < -0.39 is 43.9 Å². The van der Waals surface area contributed by atoms with Crippen LogP contribution in [0.3, 0.4) is 0 Å². The summed E-state index contributed by atoms with van der Waals surface area (Å²) in [6, 6.07) is 4.54. The third-order valence-electron chi connectivity index (χ3n) is 4.34. The van der Waals surface area contributed by atoms with Gasteiger partial charge in [0.1, 0.15) is 10.4 Å². The standard InChI is InChI=1S/C18H17ClF2N4O4S/c1-4-25(3)30(27,28)23-12-6-5-10(20)17(15(12)19)29-13-8-7-11-14(16(13)21)18(26)24(2)9-22-11/h5-9,23H,4H2,1-3H3. The quantitative estimate of drug-likeness (QED) is 0.612. The molecule has 0 aliphatic heterocycles. The van der Waals surface area contributed by atoms with Crippen molar-refractivity contribution in [1.29, 1.82) is 0 Å². The van der Waals surface area contributed by atoms with Crippen molar-refractivity contribution >= 4 is 38.4 Å². The van der Waals surface area contributed by atoms with Crippen molar-refractivity contribution < 1.29 is 21.9 Å². The number of aromatic nitrogens is 2.